The zero-order valence-electron chi connectivity index (χ0n) is 10.4. The van der Waals surface area contributed by atoms with Gasteiger partial charge in [-0.3, -0.25) is 4.57 Å². The first kappa shape index (κ1) is 13.2. The van der Waals surface area contributed by atoms with Crippen molar-refractivity contribution in [3.63, 3.8) is 0 Å². The van der Waals surface area contributed by atoms with Gasteiger partial charge in [-0.2, -0.15) is 0 Å². The summed E-state index contributed by atoms with van der Waals surface area (Å²) in [6, 6.07) is 1.11. The summed E-state index contributed by atoms with van der Waals surface area (Å²) in [6.45, 7) is 4.55. The molecule has 0 radical (unpaired) electrons. The van der Waals surface area contributed by atoms with Gasteiger partial charge in [0.05, 0.1) is 0 Å². The fraction of sp³-hybridized carbons (Fsp3) is 1.00. The van der Waals surface area contributed by atoms with Crippen LogP contribution < -0.4 is 0 Å². The SMILES string of the molecule is CCCC[Si](OC)(OC)N1CCCCC1. The van der Waals surface area contributed by atoms with E-state index in [1.165, 1.54) is 32.1 Å². The highest BCUT2D eigenvalue weighted by molar-refractivity contribution is 6.64. The Hall–Kier alpha value is 0.0969. The Balaban J connectivity index is 2.59. The van der Waals surface area contributed by atoms with Crippen LogP contribution >= 0.6 is 0 Å². The van der Waals surface area contributed by atoms with Crippen LogP contribution in [0.1, 0.15) is 39.0 Å². The molecule has 1 saturated heterocycles. The number of unbranched alkanes of at least 4 members (excludes halogenated alkanes) is 1. The second-order valence-corrected chi connectivity index (χ2v) is 7.65. The Kier molecular flexibility index (Phi) is 5.82. The molecule has 0 aliphatic carbocycles. The number of piperidine rings is 1. The maximum absolute atomic E-state index is 5.77. The average molecular weight is 231 g/mol. The monoisotopic (exact) mass is 231 g/mol. The van der Waals surface area contributed by atoms with Gasteiger partial charge >= 0.3 is 8.72 Å². The number of hydrogen-bond acceptors (Lipinski definition) is 3. The van der Waals surface area contributed by atoms with Crippen molar-refractivity contribution >= 4 is 8.72 Å². The smallest absolute Gasteiger partial charge is 0.386 e. The molecular formula is C11H25NO2Si. The number of hydrogen-bond donors (Lipinski definition) is 0. The molecule has 90 valence electrons. The van der Waals surface area contributed by atoms with Gasteiger partial charge in [0.1, 0.15) is 0 Å². The van der Waals surface area contributed by atoms with Gasteiger partial charge in [-0.15, -0.1) is 0 Å². The lowest BCUT2D eigenvalue weighted by Crippen LogP contribution is -2.58. The quantitative estimate of drug-likeness (QED) is 0.656. The molecule has 0 saturated carbocycles. The first-order valence-corrected chi connectivity index (χ1v) is 8.11. The minimum Gasteiger partial charge on any atom is -0.386 e. The lowest BCUT2D eigenvalue weighted by Gasteiger charge is -2.40. The van der Waals surface area contributed by atoms with E-state index in [1.807, 2.05) is 14.2 Å². The van der Waals surface area contributed by atoms with Gasteiger partial charge in [0.15, 0.2) is 0 Å². The summed E-state index contributed by atoms with van der Waals surface area (Å²) in [7, 11) is 1.61. The first-order valence-electron chi connectivity index (χ1n) is 6.14. The summed E-state index contributed by atoms with van der Waals surface area (Å²) >= 11 is 0. The van der Waals surface area contributed by atoms with Crippen molar-refractivity contribution in [1.29, 1.82) is 0 Å². The molecule has 0 aromatic heterocycles. The Morgan fingerprint density at radius 3 is 2.13 bits per heavy atom. The number of rotatable bonds is 6. The van der Waals surface area contributed by atoms with Crippen molar-refractivity contribution in [2.24, 2.45) is 0 Å². The van der Waals surface area contributed by atoms with E-state index >= 15 is 0 Å². The van der Waals surface area contributed by atoms with Gasteiger partial charge in [0, 0.05) is 20.3 Å². The predicted octanol–water partition coefficient (Wildman–Crippen LogP) is 2.50. The Bertz CT molecular complexity index is 168. The summed E-state index contributed by atoms with van der Waals surface area (Å²) in [5.74, 6) is 0. The van der Waals surface area contributed by atoms with Crippen LogP contribution in [0.25, 0.3) is 0 Å². The van der Waals surface area contributed by atoms with Crippen molar-refractivity contribution in [2.45, 2.75) is 45.1 Å². The fourth-order valence-corrected chi connectivity index (χ4v) is 5.54. The van der Waals surface area contributed by atoms with Gasteiger partial charge in [0.2, 0.25) is 0 Å². The highest BCUT2D eigenvalue weighted by Gasteiger charge is 2.42. The van der Waals surface area contributed by atoms with Crippen LogP contribution in [0.3, 0.4) is 0 Å². The van der Waals surface area contributed by atoms with Crippen LogP contribution in [0, 0.1) is 0 Å². The summed E-state index contributed by atoms with van der Waals surface area (Å²) in [6.07, 6.45) is 6.39. The maximum atomic E-state index is 5.77. The molecule has 0 atom stereocenters. The van der Waals surface area contributed by atoms with Crippen molar-refractivity contribution in [3.05, 3.63) is 0 Å². The predicted molar refractivity (Wildman–Crippen MR) is 64.9 cm³/mol. The molecule has 0 N–H and O–H groups in total. The van der Waals surface area contributed by atoms with Gasteiger partial charge in [0.25, 0.3) is 0 Å². The van der Waals surface area contributed by atoms with Crippen LogP contribution in [-0.2, 0) is 8.85 Å². The second-order valence-electron chi connectivity index (χ2n) is 4.27. The van der Waals surface area contributed by atoms with E-state index in [9.17, 15) is 0 Å². The third-order valence-electron chi connectivity index (χ3n) is 3.32. The largest absolute Gasteiger partial charge is 0.427 e. The standard InChI is InChI=1S/C11H25NO2Si/c1-4-5-11-15(13-2,14-3)12-9-7-6-8-10-12/h4-11H2,1-3H3. The molecule has 0 spiro atoms. The summed E-state index contributed by atoms with van der Waals surface area (Å²) in [4.78, 5) is 0. The molecule has 15 heavy (non-hydrogen) atoms. The molecule has 4 heteroatoms. The Morgan fingerprint density at radius 1 is 1.07 bits per heavy atom. The van der Waals surface area contributed by atoms with Gasteiger partial charge in [-0.25, -0.2) is 0 Å². The first-order chi connectivity index (χ1) is 7.29. The molecule has 1 fully saturated rings. The molecular weight excluding hydrogens is 206 g/mol. The van der Waals surface area contributed by atoms with Gasteiger partial charge in [-0.1, -0.05) is 26.2 Å². The van der Waals surface area contributed by atoms with Gasteiger partial charge in [-0.05, 0) is 25.9 Å². The van der Waals surface area contributed by atoms with E-state index in [2.05, 4.69) is 11.5 Å². The van der Waals surface area contributed by atoms with Crippen LogP contribution in [0.15, 0.2) is 0 Å². The lowest BCUT2D eigenvalue weighted by atomic mass is 10.2. The summed E-state index contributed by atoms with van der Waals surface area (Å²) < 4.78 is 14.0. The van der Waals surface area contributed by atoms with Crippen molar-refractivity contribution in [1.82, 2.24) is 4.57 Å². The molecule has 1 aliphatic rings. The fourth-order valence-electron chi connectivity index (χ4n) is 2.34. The van der Waals surface area contributed by atoms with Crippen molar-refractivity contribution < 1.29 is 8.85 Å². The third-order valence-corrected chi connectivity index (χ3v) is 6.99. The van der Waals surface area contributed by atoms with Crippen LogP contribution in [0.2, 0.25) is 6.04 Å². The van der Waals surface area contributed by atoms with Crippen LogP contribution in [0.5, 0.6) is 0 Å². The van der Waals surface area contributed by atoms with Gasteiger partial charge < -0.3 is 8.85 Å². The van der Waals surface area contributed by atoms with E-state index in [-0.39, 0.29) is 0 Å². The van der Waals surface area contributed by atoms with E-state index in [0.29, 0.717) is 0 Å². The second kappa shape index (κ2) is 6.63. The maximum Gasteiger partial charge on any atom is 0.427 e. The molecule has 0 aromatic carbocycles. The highest BCUT2D eigenvalue weighted by Crippen LogP contribution is 2.24. The molecule has 1 rings (SSSR count). The molecule has 0 bridgehead atoms. The minimum atomic E-state index is -2.03. The molecule has 0 amide bonds. The molecule has 1 aliphatic heterocycles. The zero-order valence-corrected chi connectivity index (χ0v) is 11.4. The molecule has 0 aromatic rings. The third kappa shape index (κ3) is 3.28. The van der Waals surface area contributed by atoms with Crippen LogP contribution in [0.4, 0.5) is 0 Å². The summed E-state index contributed by atoms with van der Waals surface area (Å²) in [5.41, 5.74) is 0. The summed E-state index contributed by atoms with van der Waals surface area (Å²) in [5, 5.41) is 0. The molecule has 3 nitrogen and oxygen atoms in total. The molecule has 1 heterocycles. The average Bonchev–Trinajstić information content (AvgIpc) is 2.33. The normalized spacial score (nSPS) is 19.4. The Morgan fingerprint density at radius 2 is 1.67 bits per heavy atom. The zero-order chi connectivity index (χ0) is 11.1. The lowest BCUT2D eigenvalue weighted by molar-refractivity contribution is 0.147. The van der Waals surface area contributed by atoms with Crippen molar-refractivity contribution in [3.8, 4) is 0 Å². The minimum absolute atomic E-state index is 1.11. The van der Waals surface area contributed by atoms with Crippen LogP contribution in [-0.4, -0.2) is 40.6 Å². The molecule has 0 unspecified atom stereocenters. The number of nitrogens with zero attached hydrogens (tertiary/aromatic N) is 1. The topological polar surface area (TPSA) is 21.7 Å². The Labute approximate surface area is 95.1 Å². The van der Waals surface area contributed by atoms with E-state index < -0.39 is 8.72 Å². The van der Waals surface area contributed by atoms with E-state index in [1.54, 1.807) is 0 Å². The highest BCUT2D eigenvalue weighted by atomic mass is 28.4. The van der Waals surface area contributed by atoms with E-state index in [4.69, 9.17) is 8.85 Å². The van der Waals surface area contributed by atoms with E-state index in [0.717, 1.165) is 19.1 Å². The van der Waals surface area contributed by atoms with Crippen molar-refractivity contribution in [2.75, 3.05) is 27.3 Å².